The molecule has 18 heavy (non-hydrogen) atoms. The number of hydrogen-bond donors (Lipinski definition) is 2. The van der Waals surface area contributed by atoms with Crippen LogP contribution in [0.5, 0.6) is 5.75 Å². The van der Waals surface area contributed by atoms with Gasteiger partial charge >= 0.3 is 0 Å². The predicted octanol–water partition coefficient (Wildman–Crippen LogP) is 2.12. The number of ether oxygens (including phenoxy) is 1. The third-order valence-electron chi connectivity index (χ3n) is 3.60. The molecule has 2 N–H and O–H groups in total. The first-order chi connectivity index (χ1) is 8.75. The first kappa shape index (κ1) is 13.4. The SMILES string of the molecule is Cc1cccc(OCCC(O)C2CCNCC2)c1. The van der Waals surface area contributed by atoms with Gasteiger partial charge in [-0.15, -0.1) is 0 Å². The molecule has 1 atom stereocenters. The third kappa shape index (κ3) is 4.00. The van der Waals surface area contributed by atoms with Crippen molar-refractivity contribution in [3.8, 4) is 5.75 Å². The molecule has 1 aliphatic rings. The molecule has 0 aromatic heterocycles. The molecule has 2 rings (SSSR count). The molecule has 100 valence electrons. The van der Waals surface area contributed by atoms with E-state index in [2.05, 4.69) is 18.3 Å². The van der Waals surface area contributed by atoms with Gasteiger partial charge < -0.3 is 15.2 Å². The maximum atomic E-state index is 10.1. The van der Waals surface area contributed by atoms with Gasteiger partial charge in [-0.05, 0) is 56.5 Å². The van der Waals surface area contributed by atoms with Crippen molar-refractivity contribution in [2.45, 2.75) is 32.3 Å². The summed E-state index contributed by atoms with van der Waals surface area (Å²) in [4.78, 5) is 0. The number of aliphatic hydroxyl groups excluding tert-OH is 1. The highest BCUT2D eigenvalue weighted by Gasteiger charge is 2.21. The largest absolute Gasteiger partial charge is 0.493 e. The molecule has 1 aromatic rings. The number of aliphatic hydroxyl groups is 1. The van der Waals surface area contributed by atoms with E-state index in [1.165, 1.54) is 5.56 Å². The zero-order valence-corrected chi connectivity index (χ0v) is 11.1. The smallest absolute Gasteiger partial charge is 0.119 e. The topological polar surface area (TPSA) is 41.5 Å². The summed E-state index contributed by atoms with van der Waals surface area (Å²) in [5.41, 5.74) is 1.20. The average Bonchev–Trinajstić information content (AvgIpc) is 2.40. The van der Waals surface area contributed by atoms with Crippen LogP contribution in [0.25, 0.3) is 0 Å². The summed E-state index contributed by atoms with van der Waals surface area (Å²) in [7, 11) is 0. The molecule has 0 bridgehead atoms. The first-order valence-corrected chi connectivity index (χ1v) is 6.84. The molecule has 0 saturated carbocycles. The molecule has 3 heteroatoms. The molecule has 0 spiro atoms. The number of nitrogens with one attached hydrogen (secondary N) is 1. The molecule has 1 aromatic carbocycles. The van der Waals surface area contributed by atoms with Crippen LogP contribution in [0, 0.1) is 12.8 Å². The minimum atomic E-state index is -0.225. The summed E-state index contributed by atoms with van der Waals surface area (Å²) in [5, 5.41) is 13.4. The highest BCUT2D eigenvalue weighted by molar-refractivity contribution is 5.27. The van der Waals surface area contributed by atoms with Crippen LogP contribution in [0.2, 0.25) is 0 Å². The minimum absolute atomic E-state index is 0.225. The highest BCUT2D eigenvalue weighted by Crippen LogP contribution is 2.19. The molecular formula is C15H23NO2. The van der Waals surface area contributed by atoms with Crippen molar-refractivity contribution in [2.24, 2.45) is 5.92 Å². The lowest BCUT2D eigenvalue weighted by atomic mass is 9.91. The van der Waals surface area contributed by atoms with Crippen LogP contribution < -0.4 is 10.1 Å². The van der Waals surface area contributed by atoms with Crippen molar-refractivity contribution in [2.75, 3.05) is 19.7 Å². The lowest BCUT2D eigenvalue weighted by Crippen LogP contribution is -2.34. The molecule has 0 radical (unpaired) electrons. The molecule has 1 unspecified atom stereocenters. The van der Waals surface area contributed by atoms with Crippen LogP contribution in [-0.4, -0.2) is 30.9 Å². The number of benzene rings is 1. The van der Waals surface area contributed by atoms with Crippen molar-refractivity contribution >= 4 is 0 Å². The van der Waals surface area contributed by atoms with E-state index in [1.807, 2.05) is 18.2 Å². The van der Waals surface area contributed by atoms with Crippen LogP contribution in [0.15, 0.2) is 24.3 Å². The summed E-state index contributed by atoms with van der Waals surface area (Å²) >= 11 is 0. The van der Waals surface area contributed by atoms with Crippen LogP contribution in [0.1, 0.15) is 24.8 Å². The number of piperidine rings is 1. The molecule has 0 amide bonds. The molecule has 0 aliphatic carbocycles. The molecule has 3 nitrogen and oxygen atoms in total. The first-order valence-electron chi connectivity index (χ1n) is 6.84. The monoisotopic (exact) mass is 249 g/mol. The zero-order chi connectivity index (χ0) is 12.8. The Morgan fingerprint density at radius 1 is 1.39 bits per heavy atom. The minimum Gasteiger partial charge on any atom is -0.493 e. The van der Waals surface area contributed by atoms with Gasteiger partial charge in [-0.1, -0.05) is 12.1 Å². The predicted molar refractivity (Wildman–Crippen MR) is 72.9 cm³/mol. The Morgan fingerprint density at radius 3 is 2.89 bits per heavy atom. The fourth-order valence-electron chi connectivity index (χ4n) is 2.47. The Balaban J connectivity index is 1.71. The van der Waals surface area contributed by atoms with Crippen molar-refractivity contribution in [1.29, 1.82) is 0 Å². The Kier molecular flexibility index (Phi) is 5.02. The summed E-state index contributed by atoms with van der Waals surface area (Å²) in [6.07, 6.45) is 2.65. The van der Waals surface area contributed by atoms with Crippen LogP contribution >= 0.6 is 0 Å². The second-order valence-electron chi connectivity index (χ2n) is 5.11. The standard InChI is InChI=1S/C15H23NO2/c1-12-3-2-4-14(11-12)18-10-7-15(17)13-5-8-16-9-6-13/h2-4,11,13,15-17H,5-10H2,1H3. The molecule has 1 saturated heterocycles. The molecule has 1 heterocycles. The van der Waals surface area contributed by atoms with E-state index in [1.54, 1.807) is 0 Å². The van der Waals surface area contributed by atoms with Crippen LogP contribution in [-0.2, 0) is 0 Å². The van der Waals surface area contributed by atoms with E-state index in [9.17, 15) is 5.11 Å². The van der Waals surface area contributed by atoms with Gasteiger partial charge in [0.05, 0.1) is 12.7 Å². The van der Waals surface area contributed by atoms with Gasteiger partial charge in [0.25, 0.3) is 0 Å². The van der Waals surface area contributed by atoms with Gasteiger partial charge in [-0.2, -0.15) is 0 Å². The van der Waals surface area contributed by atoms with Crippen LogP contribution in [0.3, 0.4) is 0 Å². The summed E-state index contributed by atoms with van der Waals surface area (Å²) in [6, 6.07) is 8.03. The Morgan fingerprint density at radius 2 is 2.17 bits per heavy atom. The van der Waals surface area contributed by atoms with Gasteiger partial charge in [0, 0.05) is 6.42 Å². The summed E-state index contributed by atoms with van der Waals surface area (Å²) in [6.45, 7) is 4.70. The second kappa shape index (κ2) is 6.76. The second-order valence-corrected chi connectivity index (χ2v) is 5.11. The van der Waals surface area contributed by atoms with Crippen molar-refractivity contribution in [3.63, 3.8) is 0 Å². The van der Waals surface area contributed by atoms with Crippen molar-refractivity contribution in [1.82, 2.24) is 5.32 Å². The third-order valence-corrected chi connectivity index (χ3v) is 3.60. The molecule has 1 aliphatic heterocycles. The number of hydrogen-bond acceptors (Lipinski definition) is 3. The van der Waals surface area contributed by atoms with E-state index < -0.39 is 0 Å². The van der Waals surface area contributed by atoms with Gasteiger partial charge in [0.15, 0.2) is 0 Å². The Labute approximate surface area is 109 Å². The van der Waals surface area contributed by atoms with Crippen molar-refractivity contribution in [3.05, 3.63) is 29.8 Å². The fourth-order valence-corrected chi connectivity index (χ4v) is 2.47. The molecular weight excluding hydrogens is 226 g/mol. The van der Waals surface area contributed by atoms with E-state index in [-0.39, 0.29) is 6.10 Å². The summed E-state index contributed by atoms with van der Waals surface area (Å²) in [5.74, 6) is 1.33. The van der Waals surface area contributed by atoms with Crippen molar-refractivity contribution < 1.29 is 9.84 Å². The van der Waals surface area contributed by atoms with E-state index in [4.69, 9.17) is 4.74 Å². The highest BCUT2D eigenvalue weighted by atomic mass is 16.5. The normalized spacial score (nSPS) is 18.6. The maximum Gasteiger partial charge on any atom is 0.119 e. The quantitative estimate of drug-likeness (QED) is 0.840. The van der Waals surface area contributed by atoms with Gasteiger partial charge in [0.1, 0.15) is 5.75 Å². The maximum absolute atomic E-state index is 10.1. The number of aryl methyl sites for hydroxylation is 1. The fraction of sp³-hybridized carbons (Fsp3) is 0.600. The van der Waals surface area contributed by atoms with E-state index >= 15 is 0 Å². The lowest BCUT2D eigenvalue weighted by molar-refractivity contribution is 0.0674. The van der Waals surface area contributed by atoms with E-state index in [0.717, 1.165) is 38.1 Å². The number of rotatable bonds is 5. The molecule has 1 fully saturated rings. The zero-order valence-electron chi connectivity index (χ0n) is 11.1. The van der Waals surface area contributed by atoms with Gasteiger partial charge in [-0.25, -0.2) is 0 Å². The Hall–Kier alpha value is -1.06. The van der Waals surface area contributed by atoms with Gasteiger partial charge in [-0.3, -0.25) is 0 Å². The summed E-state index contributed by atoms with van der Waals surface area (Å²) < 4.78 is 5.67. The van der Waals surface area contributed by atoms with E-state index in [0.29, 0.717) is 12.5 Å². The van der Waals surface area contributed by atoms with Gasteiger partial charge in [0.2, 0.25) is 0 Å². The Bertz CT molecular complexity index is 361. The van der Waals surface area contributed by atoms with Crippen LogP contribution in [0.4, 0.5) is 0 Å². The average molecular weight is 249 g/mol. The lowest BCUT2D eigenvalue weighted by Gasteiger charge is -2.27.